The molecule has 0 unspecified atom stereocenters. The molecule has 3 heterocycles. The summed E-state index contributed by atoms with van der Waals surface area (Å²) in [6.07, 6.45) is 15.5. The van der Waals surface area contributed by atoms with Crippen LogP contribution in [0.2, 0.25) is 0 Å². The van der Waals surface area contributed by atoms with Crippen molar-refractivity contribution in [1.29, 1.82) is 0 Å². The van der Waals surface area contributed by atoms with E-state index in [1.165, 1.54) is 44.1 Å². The molecule has 2 fully saturated rings. The summed E-state index contributed by atoms with van der Waals surface area (Å²) in [6, 6.07) is 0.153. The lowest BCUT2D eigenvalue weighted by molar-refractivity contribution is 0.103. The van der Waals surface area contributed by atoms with Crippen molar-refractivity contribution in [2.45, 2.75) is 96.7 Å². The van der Waals surface area contributed by atoms with Gasteiger partial charge in [-0.3, -0.25) is 0 Å². The fourth-order valence-corrected chi connectivity index (χ4v) is 8.86. The monoisotopic (exact) mass is 421 g/mol. The van der Waals surface area contributed by atoms with Crippen LogP contribution in [-0.2, 0) is 0 Å². The van der Waals surface area contributed by atoms with E-state index < -0.39 is 0 Å². The zero-order valence-electron chi connectivity index (χ0n) is 19.1. The van der Waals surface area contributed by atoms with Crippen molar-refractivity contribution in [3.63, 3.8) is 0 Å². The van der Waals surface area contributed by atoms with Crippen molar-refractivity contribution >= 4 is 0 Å². The quantitative estimate of drug-likeness (QED) is 0.614. The van der Waals surface area contributed by atoms with Crippen LogP contribution in [0.15, 0.2) is 32.9 Å². The van der Waals surface area contributed by atoms with Crippen LogP contribution in [-0.4, -0.2) is 13.9 Å². The molecule has 2 saturated carbocycles. The maximum Gasteiger partial charge on any atom is 0.348 e. The second-order valence-corrected chi connectivity index (χ2v) is 12.2. The molecule has 7 aliphatic rings. The van der Waals surface area contributed by atoms with Crippen molar-refractivity contribution in [1.82, 2.24) is 13.9 Å². The third-order valence-electron chi connectivity index (χ3n) is 11.1. The Bertz CT molecular complexity index is 1160. The molecule has 0 amide bonds. The summed E-state index contributed by atoms with van der Waals surface area (Å²) in [7, 11) is 0. The standard InChI is InChI=1S/C26H35N3O2/c1-25(2)17-10-11-26(25,3)20(14-17)27-23(30)28-19-13-16-9-7-5-4-6-8-15-12-18(21(15)19)22(16)29(28)24(27)31/h12-13,17-22H,4-11,14H2,1-3H3/t17-,18+,19-,20+,21-,22-,26+/m0/s1. The van der Waals surface area contributed by atoms with Gasteiger partial charge in [-0.25, -0.2) is 23.5 Å². The van der Waals surface area contributed by atoms with Crippen LogP contribution in [0, 0.1) is 28.6 Å². The number of aromatic nitrogens is 3. The van der Waals surface area contributed by atoms with Gasteiger partial charge < -0.3 is 0 Å². The molecule has 31 heavy (non-hydrogen) atoms. The second-order valence-electron chi connectivity index (χ2n) is 12.2. The van der Waals surface area contributed by atoms with Gasteiger partial charge in [-0.2, -0.15) is 0 Å². The van der Waals surface area contributed by atoms with Crippen LogP contribution in [0.4, 0.5) is 0 Å². The Balaban J connectivity index is 1.39. The number of allylic oxidation sites excluding steroid dienone is 4. The molecule has 166 valence electrons. The molecule has 0 saturated heterocycles. The van der Waals surface area contributed by atoms with Gasteiger partial charge in [-0.05, 0) is 67.3 Å². The number of rotatable bonds is 1. The van der Waals surface area contributed by atoms with Gasteiger partial charge in [0.1, 0.15) is 0 Å². The van der Waals surface area contributed by atoms with Gasteiger partial charge in [0.2, 0.25) is 0 Å². The van der Waals surface area contributed by atoms with E-state index in [1.54, 1.807) is 10.1 Å². The predicted octanol–water partition coefficient (Wildman–Crippen LogP) is 4.76. The van der Waals surface area contributed by atoms with Crippen LogP contribution in [0.25, 0.3) is 0 Å². The molecule has 0 N–H and O–H groups in total. The van der Waals surface area contributed by atoms with Crippen molar-refractivity contribution < 1.29 is 0 Å². The summed E-state index contributed by atoms with van der Waals surface area (Å²) in [5, 5.41) is 0. The SMILES string of the molecule is CC1(C)[C@H]2CC[C@]1(C)[C@H](n1c(=O)n3n(c1=O)[C@H]1C4=C[C@H]3[C@H]3C(=C[C@H]31)CCCCCC4)C2. The van der Waals surface area contributed by atoms with Crippen molar-refractivity contribution in [2.75, 3.05) is 0 Å². The highest BCUT2D eigenvalue weighted by atomic mass is 16.2. The van der Waals surface area contributed by atoms with E-state index in [2.05, 4.69) is 32.9 Å². The molecule has 1 aromatic heterocycles. The Kier molecular flexibility index (Phi) is 3.49. The van der Waals surface area contributed by atoms with Crippen LogP contribution in [0.5, 0.6) is 0 Å². The Morgan fingerprint density at radius 2 is 1.61 bits per heavy atom. The zero-order valence-corrected chi connectivity index (χ0v) is 19.1. The van der Waals surface area contributed by atoms with E-state index in [4.69, 9.17) is 0 Å². The molecule has 7 atom stereocenters. The summed E-state index contributed by atoms with van der Waals surface area (Å²) in [4.78, 5) is 27.9. The van der Waals surface area contributed by atoms with Crippen LogP contribution in [0.3, 0.4) is 0 Å². The zero-order chi connectivity index (χ0) is 21.3. The number of nitrogens with zero attached hydrogens (tertiary/aromatic N) is 3. The highest BCUT2D eigenvalue weighted by molar-refractivity contribution is 5.38. The van der Waals surface area contributed by atoms with Gasteiger partial charge in [-0.15, -0.1) is 0 Å². The lowest BCUT2D eigenvalue weighted by Crippen LogP contribution is -2.53. The molecule has 0 aromatic carbocycles. The minimum atomic E-state index is -0.0375. The summed E-state index contributed by atoms with van der Waals surface area (Å²) >= 11 is 0. The van der Waals surface area contributed by atoms with E-state index in [1.807, 2.05) is 9.36 Å². The molecular formula is C26H35N3O2. The third-order valence-corrected chi connectivity index (χ3v) is 11.1. The van der Waals surface area contributed by atoms with Crippen molar-refractivity contribution in [3.05, 3.63) is 44.3 Å². The molecule has 5 heteroatoms. The predicted molar refractivity (Wildman–Crippen MR) is 120 cm³/mol. The van der Waals surface area contributed by atoms with E-state index in [0.29, 0.717) is 17.8 Å². The summed E-state index contributed by atoms with van der Waals surface area (Å²) in [5.41, 5.74) is 3.10. The van der Waals surface area contributed by atoms with Crippen molar-refractivity contribution in [3.8, 4) is 0 Å². The number of hydrogen-bond acceptors (Lipinski definition) is 2. The Labute approximate surface area is 183 Å². The summed E-state index contributed by atoms with van der Waals surface area (Å²) in [6.45, 7) is 7.06. The lowest BCUT2D eigenvalue weighted by Gasteiger charge is -2.53. The maximum atomic E-state index is 14.0. The first kappa shape index (κ1) is 18.8. The second kappa shape index (κ2) is 5.77. The first-order valence-electron chi connectivity index (χ1n) is 12.7. The lowest BCUT2D eigenvalue weighted by atomic mass is 9.60. The van der Waals surface area contributed by atoms with Gasteiger partial charge in [0.05, 0.1) is 12.1 Å². The number of fused-ring (bicyclic) bond motifs is 2. The fourth-order valence-electron chi connectivity index (χ4n) is 8.86. The third kappa shape index (κ3) is 2.01. The average Bonchev–Trinajstić information content (AvgIpc) is 3.15. The summed E-state index contributed by atoms with van der Waals surface area (Å²) < 4.78 is 5.52. The molecule has 2 aliphatic heterocycles. The smallest absolute Gasteiger partial charge is 0.246 e. The maximum absolute atomic E-state index is 14.0. The van der Waals surface area contributed by atoms with E-state index in [-0.39, 0.29) is 40.3 Å². The normalized spacial score (nSPS) is 43.8. The summed E-state index contributed by atoms with van der Waals surface area (Å²) in [5.74, 6) is 1.47. The Morgan fingerprint density at radius 3 is 2.29 bits per heavy atom. The Hall–Kier alpha value is -1.78. The minimum Gasteiger partial charge on any atom is -0.246 e. The van der Waals surface area contributed by atoms with Gasteiger partial charge in [0.15, 0.2) is 0 Å². The molecule has 1 aromatic rings. The fraction of sp³-hybridized carbons (Fsp3) is 0.769. The molecule has 5 nitrogen and oxygen atoms in total. The van der Waals surface area contributed by atoms with Crippen LogP contribution >= 0.6 is 0 Å². The van der Waals surface area contributed by atoms with Crippen LogP contribution < -0.4 is 11.4 Å². The average molecular weight is 422 g/mol. The molecule has 5 aliphatic carbocycles. The largest absolute Gasteiger partial charge is 0.348 e. The molecule has 6 bridgehead atoms. The van der Waals surface area contributed by atoms with Gasteiger partial charge in [0.25, 0.3) is 0 Å². The Morgan fingerprint density at radius 1 is 0.903 bits per heavy atom. The highest BCUT2D eigenvalue weighted by Crippen LogP contribution is 2.69. The topological polar surface area (TPSA) is 48.9 Å². The van der Waals surface area contributed by atoms with E-state index in [9.17, 15) is 9.59 Å². The van der Waals surface area contributed by atoms with Crippen LogP contribution in [0.1, 0.15) is 96.7 Å². The number of hydrogen-bond donors (Lipinski definition) is 0. The molecular weight excluding hydrogens is 386 g/mol. The van der Waals surface area contributed by atoms with Gasteiger partial charge in [0, 0.05) is 17.9 Å². The van der Waals surface area contributed by atoms with Gasteiger partial charge in [-0.1, -0.05) is 51.3 Å². The van der Waals surface area contributed by atoms with Crippen molar-refractivity contribution in [2.24, 2.45) is 28.6 Å². The first-order valence-corrected chi connectivity index (χ1v) is 12.7. The molecule has 0 radical (unpaired) electrons. The first-order chi connectivity index (χ1) is 14.8. The van der Waals surface area contributed by atoms with E-state index in [0.717, 1.165) is 19.3 Å². The van der Waals surface area contributed by atoms with Gasteiger partial charge >= 0.3 is 11.4 Å². The molecule has 0 spiro atoms. The minimum absolute atomic E-state index is 0.0251. The molecule has 8 rings (SSSR count). The van der Waals surface area contributed by atoms with E-state index >= 15 is 0 Å². The highest BCUT2D eigenvalue weighted by Gasteiger charge is 2.63.